The van der Waals surface area contributed by atoms with Crippen LogP contribution in [0.1, 0.15) is 38.5 Å². The van der Waals surface area contributed by atoms with Crippen molar-refractivity contribution in [2.45, 2.75) is 38.5 Å². The van der Waals surface area contributed by atoms with E-state index in [1.807, 2.05) is 6.07 Å². The number of nitro groups is 1. The lowest BCUT2D eigenvalue weighted by molar-refractivity contribution is -0.385. The summed E-state index contributed by atoms with van der Waals surface area (Å²) in [6, 6.07) is 5.18. The van der Waals surface area contributed by atoms with Crippen molar-refractivity contribution >= 4 is 27.3 Å². The average Bonchev–Trinajstić information content (AvgIpc) is 2.41. The summed E-state index contributed by atoms with van der Waals surface area (Å²) in [4.78, 5) is 10.5. The van der Waals surface area contributed by atoms with E-state index in [0.29, 0.717) is 4.47 Å². The van der Waals surface area contributed by atoms with Crippen LogP contribution in [0.25, 0.3) is 0 Å². The summed E-state index contributed by atoms with van der Waals surface area (Å²) in [5.41, 5.74) is 0.938. The van der Waals surface area contributed by atoms with Crippen LogP contribution in [0.5, 0.6) is 0 Å². The fourth-order valence-corrected chi connectivity index (χ4v) is 3.05. The number of hydrogen-bond donors (Lipinski definition) is 1. The van der Waals surface area contributed by atoms with Gasteiger partial charge in [0.1, 0.15) is 0 Å². The Hall–Kier alpha value is -1.10. The fourth-order valence-electron chi connectivity index (χ4n) is 2.66. The van der Waals surface area contributed by atoms with Crippen LogP contribution < -0.4 is 5.32 Å². The number of nitro benzene ring substituents is 1. The van der Waals surface area contributed by atoms with Gasteiger partial charge < -0.3 is 5.32 Å². The first kappa shape index (κ1) is 14.3. The van der Waals surface area contributed by atoms with Gasteiger partial charge in [-0.3, -0.25) is 10.1 Å². The van der Waals surface area contributed by atoms with Crippen LogP contribution in [-0.2, 0) is 0 Å². The molecule has 1 fully saturated rings. The zero-order chi connectivity index (χ0) is 13.7. The monoisotopic (exact) mass is 326 g/mol. The largest absolute Gasteiger partial charge is 0.385 e. The topological polar surface area (TPSA) is 55.2 Å². The summed E-state index contributed by atoms with van der Waals surface area (Å²) >= 11 is 3.19. The number of anilines is 1. The quantitative estimate of drug-likeness (QED) is 0.628. The minimum absolute atomic E-state index is 0.114. The highest BCUT2D eigenvalue weighted by Crippen LogP contribution is 2.29. The molecule has 0 aliphatic heterocycles. The van der Waals surface area contributed by atoms with Gasteiger partial charge in [0.2, 0.25) is 0 Å². The molecule has 104 valence electrons. The molecule has 2 rings (SSSR count). The smallest absolute Gasteiger partial charge is 0.285 e. The summed E-state index contributed by atoms with van der Waals surface area (Å²) in [7, 11) is 0. The molecule has 19 heavy (non-hydrogen) atoms. The first-order valence-corrected chi connectivity index (χ1v) is 7.64. The highest BCUT2D eigenvalue weighted by atomic mass is 79.9. The second-order valence-electron chi connectivity index (χ2n) is 5.14. The van der Waals surface area contributed by atoms with Crippen LogP contribution >= 0.6 is 15.9 Å². The second-order valence-corrected chi connectivity index (χ2v) is 6.00. The summed E-state index contributed by atoms with van der Waals surface area (Å²) in [6.07, 6.45) is 7.92. The molecule has 1 aromatic rings. The molecule has 5 heteroatoms. The predicted octanol–water partition coefficient (Wildman–Crippen LogP) is 4.74. The molecule has 0 unspecified atom stereocenters. The van der Waals surface area contributed by atoms with Gasteiger partial charge >= 0.3 is 0 Å². The third-order valence-corrected chi connectivity index (χ3v) is 4.42. The molecular weight excluding hydrogens is 308 g/mol. The number of halogens is 1. The Kier molecular flexibility index (Phi) is 5.19. The molecular formula is C14H19BrN2O2. The summed E-state index contributed by atoms with van der Waals surface area (Å²) in [6.45, 7) is 0.892. The lowest BCUT2D eigenvalue weighted by Gasteiger charge is -2.21. The molecule has 1 saturated carbocycles. The molecule has 0 spiro atoms. The highest BCUT2D eigenvalue weighted by molar-refractivity contribution is 9.10. The summed E-state index contributed by atoms with van der Waals surface area (Å²) < 4.78 is 0.523. The van der Waals surface area contributed by atoms with Gasteiger partial charge in [0.15, 0.2) is 0 Å². The van der Waals surface area contributed by atoms with Crippen LogP contribution in [0.3, 0.4) is 0 Å². The zero-order valence-corrected chi connectivity index (χ0v) is 12.5. The number of rotatable bonds is 5. The average molecular weight is 327 g/mol. The molecule has 0 atom stereocenters. The Morgan fingerprint density at radius 3 is 2.74 bits per heavy atom. The van der Waals surface area contributed by atoms with Crippen LogP contribution in [-0.4, -0.2) is 11.5 Å². The van der Waals surface area contributed by atoms with Crippen molar-refractivity contribution in [3.63, 3.8) is 0 Å². The summed E-state index contributed by atoms with van der Waals surface area (Å²) in [5, 5.41) is 14.1. The Morgan fingerprint density at radius 1 is 1.32 bits per heavy atom. The molecule has 1 aliphatic carbocycles. The van der Waals surface area contributed by atoms with Crippen molar-refractivity contribution in [2.75, 3.05) is 11.9 Å². The maximum Gasteiger partial charge on any atom is 0.285 e. The molecule has 0 radical (unpaired) electrons. The van der Waals surface area contributed by atoms with Gasteiger partial charge in [-0.2, -0.15) is 0 Å². The molecule has 4 nitrogen and oxygen atoms in total. The van der Waals surface area contributed by atoms with Crippen molar-refractivity contribution in [1.82, 2.24) is 0 Å². The van der Waals surface area contributed by atoms with Crippen LogP contribution in [0.15, 0.2) is 22.7 Å². The van der Waals surface area contributed by atoms with Crippen LogP contribution in [0.2, 0.25) is 0 Å². The van der Waals surface area contributed by atoms with Gasteiger partial charge in [-0.1, -0.05) is 32.1 Å². The number of hydrogen-bond acceptors (Lipinski definition) is 3. The normalized spacial score (nSPS) is 16.3. The van der Waals surface area contributed by atoms with Gasteiger partial charge in [0.05, 0.1) is 9.40 Å². The minimum atomic E-state index is -0.365. The van der Waals surface area contributed by atoms with E-state index >= 15 is 0 Å². The molecule has 0 bridgehead atoms. The van der Waals surface area contributed by atoms with Gasteiger partial charge in [-0.15, -0.1) is 0 Å². The van der Waals surface area contributed by atoms with Crippen molar-refractivity contribution in [3.8, 4) is 0 Å². The van der Waals surface area contributed by atoms with Gasteiger partial charge in [-0.25, -0.2) is 0 Å². The van der Waals surface area contributed by atoms with Crippen molar-refractivity contribution in [3.05, 3.63) is 32.8 Å². The van der Waals surface area contributed by atoms with E-state index in [1.54, 1.807) is 12.1 Å². The van der Waals surface area contributed by atoms with E-state index in [2.05, 4.69) is 21.2 Å². The van der Waals surface area contributed by atoms with E-state index in [0.717, 1.165) is 24.6 Å². The van der Waals surface area contributed by atoms with Gasteiger partial charge in [0, 0.05) is 18.3 Å². The van der Waals surface area contributed by atoms with E-state index in [4.69, 9.17) is 0 Å². The molecule has 0 amide bonds. The van der Waals surface area contributed by atoms with Crippen molar-refractivity contribution < 1.29 is 4.92 Å². The molecule has 0 heterocycles. The highest BCUT2D eigenvalue weighted by Gasteiger charge is 2.14. The third kappa shape index (κ3) is 4.20. The lowest BCUT2D eigenvalue weighted by atomic mass is 9.87. The Morgan fingerprint density at radius 2 is 2.05 bits per heavy atom. The van der Waals surface area contributed by atoms with Crippen molar-refractivity contribution in [1.29, 1.82) is 0 Å². The maximum atomic E-state index is 10.8. The Balaban J connectivity index is 1.85. The van der Waals surface area contributed by atoms with E-state index < -0.39 is 0 Å². The molecule has 1 aromatic carbocycles. The molecule has 0 saturated heterocycles. The molecule has 0 aromatic heterocycles. The fraction of sp³-hybridized carbons (Fsp3) is 0.571. The SMILES string of the molecule is O=[N+]([O-])c1cc(NCCC2CCCCC2)ccc1Br. The van der Waals surface area contributed by atoms with E-state index in [-0.39, 0.29) is 10.6 Å². The third-order valence-electron chi connectivity index (χ3n) is 3.75. The van der Waals surface area contributed by atoms with Crippen LogP contribution in [0.4, 0.5) is 11.4 Å². The number of benzene rings is 1. The number of nitrogens with one attached hydrogen (secondary N) is 1. The van der Waals surface area contributed by atoms with E-state index in [9.17, 15) is 10.1 Å². The second kappa shape index (κ2) is 6.89. The minimum Gasteiger partial charge on any atom is -0.385 e. The zero-order valence-electron chi connectivity index (χ0n) is 10.9. The van der Waals surface area contributed by atoms with Crippen LogP contribution in [0, 0.1) is 16.0 Å². The standard InChI is InChI=1S/C14H19BrN2O2/c15-13-7-6-12(10-14(13)17(18)19)16-9-8-11-4-2-1-3-5-11/h6-7,10-11,16H,1-5,8-9H2. The maximum absolute atomic E-state index is 10.8. The van der Waals surface area contributed by atoms with E-state index in [1.165, 1.54) is 32.1 Å². The first-order chi connectivity index (χ1) is 9.16. The Labute approximate surface area is 121 Å². The van der Waals surface area contributed by atoms with Crippen molar-refractivity contribution in [2.24, 2.45) is 5.92 Å². The first-order valence-electron chi connectivity index (χ1n) is 6.84. The molecule has 1 aliphatic rings. The Bertz CT molecular complexity index is 445. The molecule has 1 N–H and O–H groups in total. The predicted molar refractivity (Wildman–Crippen MR) is 80.5 cm³/mol. The number of nitrogens with zero attached hydrogens (tertiary/aromatic N) is 1. The summed E-state index contributed by atoms with van der Waals surface area (Å²) in [5.74, 6) is 0.826. The van der Waals surface area contributed by atoms with Gasteiger partial charge in [-0.05, 0) is 40.4 Å². The lowest BCUT2D eigenvalue weighted by Crippen LogP contribution is -2.12. The van der Waals surface area contributed by atoms with Gasteiger partial charge in [0.25, 0.3) is 5.69 Å².